The van der Waals surface area contributed by atoms with Crippen molar-refractivity contribution in [1.82, 2.24) is 10.6 Å². The molecular weight excluding hydrogens is 288 g/mol. The first-order valence-electron chi connectivity index (χ1n) is 7.23. The van der Waals surface area contributed by atoms with Crippen LogP contribution in [0.25, 0.3) is 0 Å². The highest BCUT2D eigenvalue weighted by molar-refractivity contribution is 6.30. The molecule has 118 valence electrons. The minimum Gasteiger partial charge on any atom is -0.444 e. The van der Waals surface area contributed by atoms with Gasteiger partial charge in [0, 0.05) is 17.6 Å². The van der Waals surface area contributed by atoms with Gasteiger partial charge in [-0.25, -0.2) is 4.79 Å². The van der Waals surface area contributed by atoms with E-state index in [2.05, 4.69) is 17.6 Å². The predicted molar refractivity (Wildman–Crippen MR) is 86.7 cm³/mol. The summed E-state index contributed by atoms with van der Waals surface area (Å²) in [6, 6.07) is 8.06. The molecule has 0 aliphatic rings. The lowest BCUT2D eigenvalue weighted by Gasteiger charge is -2.20. The van der Waals surface area contributed by atoms with E-state index in [0.717, 1.165) is 18.0 Å². The Hall–Kier alpha value is -1.26. The quantitative estimate of drug-likeness (QED) is 0.783. The van der Waals surface area contributed by atoms with Gasteiger partial charge in [-0.1, -0.05) is 23.7 Å². The third-order valence-electron chi connectivity index (χ3n) is 2.84. The maximum Gasteiger partial charge on any atom is 0.407 e. The summed E-state index contributed by atoms with van der Waals surface area (Å²) in [6.45, 7) is 9.06. The monoisotopic (exact) mass is 312 g/mol. The first-order chi connectivity index (χ1) is 9.78. The smallest absolute Gasteiger partial charge is 0.407 e. The van der Waals surface area contributed by atoms with E-state index in [0.29, 0.717) is 6.54 Å². The van der Waals surface area contributed by atoms with Crippen LogP contribution in [0.4, 0.5) is 4.79 Å². The molecule has 1 rings (SSSR count). The second-order valence-electron chi connectivity index (χ2n) is 6.01. The van der Waals surface area contributed by atoms with Crippen molar-refractivity contribution in [3.05, 3.63) is 34.9 Å². The number of hydrogen-bond acceptors (Lipinski definition) is 3. The Morgan fingerprint density at radius 3 is 2.43 bits per heavy atom. The molecule has 0 aliphatic heterocycles. The van der Waals surface area contributed by atoms with Crippen molar-refractivity contribution < 1.29 is 9.53 Å². The van der Waals surface area contributed by atoms with E-state index in [-0.39, 0.29) is 12.1 Å². The average molecular weight is 313 g/mol. The van der Waals surface area contributed by atoms with Gasteiger partial charge >= 0.3 is 6.09 Å². The third-order valence-corrected chi connectivity index (χ3v) is 3.09. The van der Waals surface area contributed by atoms with Crippen LogP contribution in [-0.4, -0.2) is 24.8 Å². The van der Waals surface area contributed by atoms with E-state index >= 15 is 0 Å². The number of halogens is 1. The van der Waals surface area contributed by atoms with Crippen LogP contribution >= 0.6 is 11.6 Å². The fraction of sp³-hybridized carbons (Fsp3) is 0.562. The van der Waals surface area contributed by atoms with Crippen LogP contribution < -0.4 is 10.6 Å². The number of nitrogens with one attached hydrogen (secondary N) is 2. The number of rotatable bonds is 6. The second kappa shape index (κ2) is 8.25. The van der Waals surface area contributed by atoms with Crippen molar-refractivity contribution in [1.29, 1.82) is 0 Å². The highest BCUT2D eigenvalue weighted by atomic mass is 35.5. The van der Waals surface area contributed by atoms with Crippen molar-refractivity contribution in [3.8, 4) is 0 Å². The summed E-state index contributed by atoms with van der Waals surface area (Å²) < 4.78 is 5.16. The second-order valence-corrected chi connectivity index (χ2v) is 6.45. The Kier molecular flexibility index (Phi) is 6.99. The van der Waals surface area contributed by atoms with Gasteiger partial charge in [-0.3, -0.25) is 0 Å². The van der Waals surface area contributed by atoms with E-state index in [1.165, 1.54) is 5.56 Å². The molecule has 0 aliphatic carbocycles. The number of benzene rings is 1. The summed E-state index contributed by atoms with van der Waals surface area (Å²) >= 11 is 5.86. The molecule has 0 unspecified atom stereocenters. The van der Waals surface area contributed by atoms with Crippen LogP contribution in [0, 0.1) is 0 Å². The molecule has 2 N–H and O–H groups in total. The van der Waals surface area contributed by atoms with Crippen molar-refractivity contribution in [2.75, 3.05) is 13.1 Å². The van der Waals surface area contributed by atoms with Gasteiger partial charge in [0.1, 0.15) is 5.60 Å². The highest BCUT2D eigenvalue weighted by Crippen LogP contribution is 2.15. The Morgan fingerprint density at radius 1 is 1.24 bits per heavy atom. The molecule has 0 aromatic heterocycles. The van der Waals surface area contributed by atoms with E-state index in [9.17, 15) is 4.79 Å². The molecule has 5 heteroatoms. The van der Waals surface area contributed by atoms with Gasteiger partial charge in [0.2, 0.25) is 0 Å². The van der Waals surface area contributed by atoms with Crippen molar-refractivity contribution in [2.45, 2.75) is 45.8 Å². The molecule has 1 aromatic carbocycles. The summed E-state index contributed by atoms with van der Waals surface area (Å²) in [5.41, 5.74) is 0.741. The molecule has 0 bridgehead atoms. The number of ether oxygens (including phenoxy) is 1. The van der Waals surface area contributed by atoms with Gasteiger partial charge in [-0.2, -0.15) is 0 Å². The SMILES string of the molecule is C[C@H](NCCCNC(=O)OC(C)(C)C)c1ccc(Cl)cc1. The Morgan fingerprint density at radius 2 is 1.86 bits per heavy atom. The number of amides is 1. The number of alkyl carbamates (subject to hydrolysis) is 1. The zero-order valence-corrected chi connectivity index (χ0v) is 14.0. The molecule has 0 spiro atoms. The zero-order valence-electron chi connectivity index (χ0n) is 13.2. The topological polar surface area (TPSA) is 50.4 Å². The summed E-state index contributed by atoms with van der Waals surface area (Å²) in [6.07, 6.45) is 0.477. The molecule has 0 heterocycles. The van der Waals surface area contributed by atoms with Crippen molar-refractivity contribution in [3.63, 3.8) is 0 Å². The Balaban J connectivity index is 2.16. The Labute approximate surface area is 132 Å². The molecule has 0 fully saturated rings. The molecule has 1 aromatic rings. The standard InChI is InChI=1S/C16H25ClN2O2/c1-12(13-6-8-14(17)9-7-13)18-10-5-11-19-15(20)21-16(2,3)4/h6-9,12,18H,5,10-11H2,1-4H3,(H,19,20)/t12-/m0/s1. The van der Waals surface area contributed by atoms with E-state index in [4.69, 9.17) is 16.3 Å². The van der Waals surface area contributed by atoms with Crippen LogP contribution in [0.1, 0.15) is 45.7 Å². The minimum absolute atomic E-state index is 0.254. The largest absolute Gasteiger partial charge is 0.444 e. The van der Waals surface area contributed by atoms with Crippen molar-refractivity contribution in [2.24, 2.45) is 0 Å². The molecule has 0 saturated heterocycles. The van der Waals surface area contributed by atoms with E-state index < -0.39 is 5.60 Å². The summed E-state index contributed by atoms with van der Waals surface area (Å²) in [4.78, 5) is 11.4. The Bertz CT molecular complexity index is 441. The minimum atomic E-state index is -0.453. The molecule has 4 nitrogen and oxygen atoms in total. The average Bonchev–Trinajstić information content (AvgIpc) is 2.36. The fourth-order valence-electron chi connectivity index (χ4n) is 1.78. The van der Waals surface area contributed by atoms with Gasteiger partial charge in [0.15, 0.2) is 0 Å². The maximum atomic E-state index is 11.4. The molecule has 0 saturated carbocycles. The van der Waals surface area contributed by atoms with Crippen LogP contribution in [0.3, 0.4) is 0 Å². The lowest BCUT2D eigenvalue weighted by Crippen LogP contribution is -2.34. The van der Waals surface area contributed by atoms with Crippen LogP contribution in [-0.2, 0) is 4.74 Å². The van der Waals surface area contributed by atoms with Crippen LogP contribution in [0.2, 0.25) is 5.02 Å². The lowest BCUT2D eigenvalue weighted by atomic mass is 10.1. The fourth-order valence-corrected chi connectivity index (χ4v) is 1.91. The van der Waals surface area contributed by atoms with Crippen molar-refractivity contribution >= 4 is 17.7 Å². The first-order valence-corrected chi connectivity index (χ1v) is 7.61. The summed E-state index contributed by atoms with van der Waals surface area (Å²) in [5.74, 6) is 0. The van der Waals surface area contributed by atoms with E-state index in [1.807, 2.05) is 45.0 Å². The molecular formula is C16H25ClN2O2. The molecule has 1 atom stereocenters. The third kappa shape index (κ3) is 7.93. The molecule has 0 radical (unpaired) electrons. The summed E-state index contributed by atoms with van der Waals surface area (Å²) in [7, 11) is 0. The highest BCUT2D eigenvalue weighted by Gasteiger charge is 2.15. The van der Waals surface area contributed by atoms with Gasteiger partial charge in [0.25, 0.3) is 0 Å². The van der Waals surface area contributed by atoms with Gasteiger partial charge < -0.3 is 15.4 Å². The normalized spacial score (nSPS) is 12.8. The lowest BCUT2D eigenvalue weighted by molar-refractivity contribution is 0.0527. The van der Waals surface area contributed by atoms with Gasteiger partial charge in [-0.15, -0.1) is 0 Å². The maximum absolute atomic E-state index is 11.4. The van der Waals surface area contributed by atoms with Gasteiger partial charge in [0.05, 0.1) is 0 Å². The first kappa shape index (κ1) is 17.8. The number of carbonyl (C=O) groups excluding carboxylic acids is 1. The van der Waals surface area contributed by atoms with Gasteiger partial charge in [-0.05, 0) is 58.4 Å². The summed E-state index contributed by atoms with van der Waals surface area (Å²) in [5, 5.41) is 6.89. The zero-order chi connectivity index (χ0) is 15.9. The predicted octanol–water partition coefficient (Wildman–Crippen LogP) is 3.91. The van der Waals surface area contributed by atoms with E-state index in [1.54, 1.807) is 0 Å². The van der Waals surface area contributed by atoms with Crippen LogP contribution in [0.15, 0.2) is 24.3 Å². The number of carbonyl (C=O) groups is 1. The molecule has 1 amide bonds. The number of hydrogen-bond donors (Lipinski definition) is 2. The molecule has 21 heavy (non-hydrogen) atoms. The van der Waals surface area contributed by atoms with Crippen LogP contribution in [0.5, 0.6) is 0 Å².